The van der Waals surface area contributed by atoms with Gasteiger partial charge in [-0.15, -0.1) is 0 Å². The van der Waals surface area contributed by atoms with Crippen molar-refractivity contribution in [2.45, 2.75) is 26.0 Å². The number of rotatable bonds is 3. The minimum absolute atomic E-state index is 0.0923. The number of halogens is 1. The highest BCUT2D eigenvalue weighted by molar-refractivity contribution is 6.33. The van der Waals surface area contributed by atoms with Crippen LogP contribution in [0.5, 0.6) is 0 Å². The molecule has 1 fully saturated rings. The van der Waals surface area contributed by atoms with Gasteiger partial charge in [0, 0.05) is 26.2 Å². The van der Waals surface area contributed by atoms with Gasteiger partial charge >= 0.3 is 0 Å². The topological polar surface area (TPSA) is 47.4 Å². The lowest BCUT2D eigenvalue weighted by atomic mass is 10.1. The van der Waals surface area contributed by atoms with Gasteiger partial charge in [0.15, 0.2) is 0 Å². The van der Waals surface area contributed by atoms with Crippen molar-refractivity contribution in [1.29, 1.82) is 0 Å². The molecule has 1 saturated heterocycles. The Bertz CT molecular complexity index is 425. The van der Waals surface area contributed by atoms with Gasteiger partial charge in [-0.25, -0.2) is 0 Å². The van der Waals surface area contributed by atoms with E-state index in [1.165, 1.54) is 10.9 Å². The van der Waals surface area contributed by atoms with Crippen LogP contribution in [0.25, 0.3) is 0 Å². The fourth-order valence-corrected chi connectivity index (χ4v) is 2.40. The van der Waals surface area contributed by atoms with Gasteiger partial charge in [0.25, 0.3) is 0 Å². The van der Waals surface area contributed by atoms with Crippen molar-refractivity contribution >= 4 is 17.4 Å². The molecule has 1 aliphatic rings. The van der Waals surface area contributed by atoms with Crippen molar-refractivity contribution in [2.24, 2.45) is 7.05 Å². The molecular weight excluding hydrogens is 254 g/mol. The molecule has 0 saturated carbocycles. The first-order chi connectivity index (χ1) is 8.50. The number of nitrogens with zero attached hydrogens (tertiary/aromatic N) is 3. The number of hydrogen-bond donors (Lipinski definition) is 0. The minimum atomic E-state index is -0.450. The van der Waals surface area contributed by atoms with Crippen molar-refractivity contribution in [3.63, 3.8) is 0 Å². The van der Waals surface area contributed by atoms with Gasteiger partial charge in [-0.3, -0.25) is 14.4 Å². The smallest absolute Gasteiger partial charge is 0.212 e. The molecule has 0 spiro atoms. The predicted octanol–water partition coefficient (Wildman–Crippen LogP) is 1.37. The monoisotopic (exact) mass is 271 g/mol. The number of ether oxygens (including phenoxy) is 1. The van der Waals surface area contributed by atoms with E-state index in [1.54, 1.807) is 7.05 Å². The Kier molecular flexibility index (Phi) is 4.04. The summed E-state index contributed by atoms with van der Waals surface area (Å²) in [6, 6.07) is 0.409. The summed E-state index contributed by atoms with van der Waals surface area (Å²) < 4.78 is 7.07. The van der Waals surface area contributed by atoms with Crippen LogP contribution in [0.15, 0.2) is 6.20 Å². The minimum Gasteiger partial charge on any atom is -0.367 e. The van der Waals surface area contributed by atoms with E-state index >= 15 is 0 Å². The van der Waals surface area contributed by atoms with E-state index in [-0.39, 0.29) is 5.78 Å². The summed E-state index contributed by atoms with van der Waals surface area (Å²) in [5, 5.41) is 4.36. The van der Waals surface area contributed by atoms with Crippen molar-refractivity contribution in [3.8, 4) is 0 Å². The Morgan fingerprint density at radius 1 is 1.61 bits per heavy atom. The number of aromatic nitrogens is 2. The normalized spacial score (nSPS) is 21.5. The maximum absolute atomic E-state index is 12.4. The first kappa shape index (κ1) is 13.5. The molecule has 18 heavy (non-hydrogen) atoms. The number of hydrogen-bond acceptors (Lipinski definition) is 4. The van der Waals surface area contributed by atoms with Crippen LogP contribution in [-0.4, -0.2) is 52.3 Å². The van der Waals surface area contributed by atoms with E-state index < -0.39 is 6.10 Å². The zero-order valence-electron chi connectivity index (χ0n) is 10.9. The van der Waals surface area contributed by atoms with Crippen molar-refractivity contribution in [3.05, 3.63) is 16.9 Å². The van der Waals surface area contributed by atoms with E-state index in [1.807, 2.05) is 0 Å². The van der Waals surface area contributed by atoms with Gasteiger partial charge < -0.3 is 4.74 Å². The summed E-state index contributed by atoms with van der Waals surface area (Å²) in [6.45, 7) is 6.27. The Balaban J connectivity index is 2.14. The van der Waals surface area contributed by atoms with Crippen LogP contribution in [0.3, 0.4) is 0 Å². The molecule has 1 aromatic heterocycles. The number of Topliss-reactive ketones (excluding diaryl/α,β-unsaturated/α-hetero) is 1. The summed E-state index contributed by atoms with van der Waals surface area (Å²) in [7, 11) is 1.71. The van der Waals surface area contributed by atoms with E-state index in [0.29, 0.717) is 29.9 Å². The average Bonchev–Trinajstić information content (AvgIpc) is 2.68. The second-order valence-corrected chi connectivity index (χ2v) is 5.18. The number of ketones is 1. The Morgan fingerprint density at radius 3 is 2.89 bits per heavy atom. The van der Waals surface area contributed by atoms with Crippen molar-refractivity contribution < 1.29 is 9.53 Å². The lowest BCUT2D eigenvalue weighted by Gasteiger charge is -2.34. The first-order valence-corrected chi connectivity index (χ1v) is 6.46. The van der Waals surface area contributed by atoms with Gasteiger partial charge in [-0.2, -0.15) is 5.10 Å². The van der Waals surface area contributed by atoms with E-state index in [4.69, 9.17) is 16.3 Å². The van der Waals surface area contributed by atoms with Gasteiger partial charge in [0.1, 0.15) is 11.8 Å². The lowest BCUT2D eigenvalue weighted by molar-refractivity contribution is -0.0260. The molecular formula is C12H18ClN3O2. The average molecular weight is 272 g/mol. The standard InChI is InChI=1S/C12H18ClN3O2/c1-8(2)16-4-5-18-10(7-16)12(17)11-9(13)6-14-15(11)3/h6,8,10H,4-5,7H2,1-3H3. The molecule has 100 valence electrons. The summed E-state index contributed by atoms with van der Waals surface area (Å²) in [6.07, 6.45) is 1.03. The molecule has 1 aromatic rings. The fraction of sp³-hybridized carbons (Fsp3) is 0.667. The molecule has 6 heteroatoms. The van der Waals surface area contributed by atoms with Crippen LogP contribution in [0.2, 0.25) is 5.02 Å². The highest BCUT2D eigenvalue weighted by Gasteiger charge is 2.31. The maximum Gasteiger partial charge on any atom is 0.212 e. The largest absolute Gasteiger partial charge is 0.367 e. The maximum atomic E-state index is 12.4. The number of aryl methyl sites for hydroxylation is 1. The lowest BCUT2D eigenvalue weighted by Crippen LogP contribution is -2.49. The predicted molar refractivity (Wildman–Crippen MR) is 69.0 cm³/mol. The molecule has 2 rings (SSSR count). The second-order valence-electron chi connectivity index (χ2n) is 4.78. The molecule has 1 unspecified atom stereocenters. The summed E-state index contributed by atoms with van der Waals surface area (Å²) in [5.41, 5.74) is 0.423. The van der Waals surface area contributed by atoms with Gasteiger partial charge in [0.2, 0.25) is 5.78 Å². The molecule has 5 nitrogen and oxygen atoms in total. The van der Waals surface area contributed by atoms with Gasteiger partial charge in [-0.1, -0.05) is 11.6 Å². The number of morpholine rings is 1. The third kappa shape index (κ3) is 2.58. The Hall–Kier alpha value is -0.910. The van der Waals surface area contributed by atoms with E-state index in [0.717, 1.165) is 6.54 Å². The van der Waals surface area contributed by atoms with E-state index in [2.05, 4.69) is 23.8 Å². The molecule has 0 N–H and O–H groups in total. The summed E-state index contributed by atoms with van der Waals surface area (Å²) >= 11 is 5.98. The quantitative estimate of drug-likeness (QED) is 0.779. The molecule has 0 aromatic carbocycles. The van der Waals surface area contributed by atoms with Crippen LogP contribution in [-0.2, 0) is 11.8 Å². The molecule has 1 aliphatic heterocycles. The van der Waals surface area contributed by atoms with Gasteiger partial charge in [-0.05, 0) is 13.8 Å². The number of carbonyl (C=O) groups excluding carboxylic acids is 1. The molecule has 0 aliphatic carbocycles. The number of carbonyl (C=O) groups is 1. The van der Waals surface area contributed by atoms with Crippen LogP contribution in [0.4, 0.5) is 0 Å². The third-order valence-electron chi connectivity index (χ3n) is 3.25. The molecule has 0 radical (unpaired) electrons. The Morgan fingerprint density at radius 2 is 2.33 bits per heavy atom. The van der Waals surface area contributed by atoms with Crippen LogP contribution < -0.4 is 0 Å². The third-order valence-corrected chi connectivity index (χ3v) is 3.52. The molecule has 0 amide bonds. The summed E-state index contributed by atoms with van der Waals surface area (Å²) in [4.78, 5) is 14.6. The first-order valence-electron chi connectivity index (χ1n) is 6.08. The highest BCUT2D eigenvalue weighted by Crippen LogP contribution is 2.19. The van der Waals surface area contributed by atoms with Crippen LogP contribution in [0.1, 0.15) is 24.3 Å². The molecule has 2 heterocycles. The van der Waals surface area contributed by atoms with Crippen molar-refractivity contribution in [1.82, 2.24) is 14.7 Å². The highest BCUT2D eigenvalue weighted by atomic mass is 35.5. The second kappa shape index (κ2) is 5.38. The molecule has 0 bridgehead atoms. The SMILES string of the molecule is CC(C)N1CCOC(C(=O)c2c(Cl)cnn2C)C1. The zero-order chi connectivity index (χ0) is 13.3. The van der Waals surface area contributed by atoms with Gasteiger partial charge in [0.05, 0.1) is 17.8 Å². The summed E-state index contributed by atoms with van der Waals surface area (Å²) in [5.74, 6) is -0.0923. The van der Waals surface area contributed by atoms with Crippen LogP contribution in [0, 0.1) is 0 Å². The zero-order valence-corrected chi connectivity index (χ0v) is 11.6. The van der Waals surface area contributed by atoms with Crippen molar-refractivity contribution in [2.75, 3.05) is 19.7 Å². The fourth-order valence-electron chi connectivity index (χ4n) is 2.14. The molecule has 1 atom stereocenters. The Labute approximate surface area is 112 Å². The van der Waals surface area contributed by atoms with E-state index in [9.17, 15) is 4.79 Å². The van der Waals surface area contributed by atoms with Crippen LogP contribution >= 0.6 is 11.6 Å².